The Labute approximate surface area is 167 Å². The zero-order valence-corrected chi connectivity index (χ0v) is 16.9. The van der Waals surface area contributed by atoms with Crippen LogP contribution in [0.4, 0.5) is 5.13 Å². The van der Waals surface area contributed by atoms with E-state index in [0.717, 1.165) is 43.3 Å². The largest absolute Gasteiger partial charge is 0.392 e. The lowest BCUT2D eigenvalue weighted by Crippen LogP contribution is -2.25. The average Bonchev–Trinajstić information content (AvgIpc) is 3.33. The van der Waals surface area contributed by atoms with Gasteiger partial charge >= 0.3 is 0 Å². The molecule has 3 rings (SSSR count). The van der Waals surface area contributed by atoms with Gasteiger partial charge in [0.05, 0.1) is 16.4 Å². The Balaban J connectivity index is 1.85. The number of sulfone groups is 1. The number of nitrogens with zero attached hydrogens (tertiary/aromatic N) is 2. The maximum atomic E-state index is 12.8. The topological polar surface area (TPSA) is 118 Å². The second kappa shape index (κ2) is 8.80. The fraction of sp³-hybridized carbons (Fsp3) is 0.389. The van der Waals surface area contributed by atoms with Crippen LogP contribution in [0.5, 0.6) is 0 Å². The molecule has 10 heteroatoms. The number of thiazole rings is 1. The van der Waals surface area contributed by atoms with E-state index in [4.69, 9.17) is 9.94 Å². The van der Waals surface area contributed by atoms with E-state index in [0.29, 0.717) is 15.6 Å². The molecule has 0 atom stereocenters. The van der Waals surface area contributed by atoms with Gasteiger partial charge in [0.2, 0.25) is 0 Å². The standard InChI is InChI=1S/C18H21N3O5S2/c1-28(24,25)15-8-6-12(7-9-15)16(21-26-13-4-2-3-5-13)17(23)20-18-19-10-14(11-22)27-18/h6-10,13,22H,2-5,11H2,1H3,(H,19,20,23). The van der Waals surface area contributed by atoms with Crippen molar-refractivity contribution in [2.75, 3.05) is 11.6 Å². The Morgan fingerprint density at radius 3 is 2.57 bits per heavy atom. The monoisotopic (exact) mass is 423 g/mol. The fourth-order valence-electron chi connectivity index (χ4n) is 2.80. The van der Waals surface area contributed by atoms with Crippen molar-refractivity contribution in [2.24, 2.45) is 5.16 Å². The van der Waals surface area contributed by atoms with Crippen molar-refractivity contribution in [2.45, 2.75) is 43.3 Å². The van der Waals surface area contributed by atoms with Gasteiger partial charge in [0.1, 0.15) is 6.10 Å². The fourth-order valence-corrected chi connectivity index (χ4v) is 4.10. The Kier molecular flexibility index (Phi) is 6.42. The molecule has 2 N–H and O–H groups in total. The van der Waals surface area contributed by atoms with Crippen molar-refractivity contribution in [1.29, 1.82) is 0 Å². The molecular weight excluding hydrogens is 402 g/mol. The number of rotatable bonds is 7. The highest BCUT2D eigenvalue weighted by Crippen LogP contribution is 2.22. The number of aliphatic hydroxyl groups excluding tert-OH is 1. The average molecular weight is 424 g/mol. The van der Waals surface area contributed by atoms with E-state index in [1.54, 1.807) is 0 Å². The third-order valence-electron chi connectivity index (χ3n) is 4.30. The molecule has 1 aromatic carbocycles. The molecule has 150 valence electrons. The highest BCUT2D eigenvalue weighted by atomic mass is 32.2. The number of oxime groups is 1. The molecule has 0 unspecified atom stereocenters. The third-order valence-corrected chi connectivity index (χ3v) is 6.32. The van der Waals surface area contributed by atoms with Gasteiger partial charge in [-0.25, -0.2) is 13.4 Å². The normalized spacial score (nSPS) is 15.6. The van der Waals surface area contributed by atoms with Gasteiger partial charge < -0.3 is 9.94 Å². The van der Waals surface area contributed by atoms with Gasteiger partial charge in [0.25, 0.3) is 5.91 Å². The van der Waals surface area contributed by atoms with Crippen LogP contribution in [-0.2, 0) is 26.1 Å². The van der Waals surface area contributed by atoms with E-state index in [2.05, 4.69) is 15.5 Å². The van der Waals surface area contributed by atoms with Crippen molar-refractivity contribution >= 4 is 37.9 Å². The van der Waals surface area contributed by atoms with Crippen molar-refractivity contribution in [3.8, 4) is 0 Å². The first-order valence-electron chi connectivity index (χ1n) is 8.78. The quantitative estimate of drug-likeness (QED) is 0.521. The number of carbonyl (C=O) groups is 1. The Morgan fingerprint density at radius 2 is 2.00 bits per heavy atom. The van der Waals surface area contributed by atoms with Crippen molar-refractivity contribution in [3.05, 3.63) is 40.9 Å². The van der Waals surface area contributed by atoms with Gasteiger partial charge in [-0.2, -0.15) is 0 Å². The predicted molar refractivity (Wildman–Crippen MR) is 106 cm³/mol. The summed E-state index contributed by atoms with van der Waals surface area (Å²) in [5.74, 6) is -0.524. The molecule has 1 amide bonds. The summed E-state index contributed by atoms with van der Waals surface area (Å²) in [7, 11) is -3.34. The van der Waals surface area contributed by atoms with Crippen LogP contribution in [0.15, 0.2) is 40.5 Å². The van der Waals surface area contributed by atoms with E-state index in [1.165, 1.54) is 30.5 Å². The van der Waals surface area contributed by atoms with Crippen LogP contribution in [0.25, 0.3) is 0 Å². The summed E-state index contributed by atoms with van der Waals surface area (Å²) < 4.78 is 23.3. The lowest BCUT2D eigenvalue weighted by molar-refractivity contribution is -0.110. The Morgan fingerprint density at radius 1 is 1.32 bits per heavy atom. The minimum absolute atomic E-state index is 0.0288. The third kappa shape index (κ3) is 5.15. The molecular formula is C18H21N3O5S2. The van der Waals surface area contributed by atoms with Crippen LogP contribution in [0.1, 0.15) is 36.1 Å². The number of aromatic nitrogens is 1. The van der Waals surface area contributed by atoms with Gasteiger partial charge in [-0.3, -0.25) is 10.1 Å². The molecule has 2 aromatic rings. The zero-order valence-electron chi connectivity index (χ0n) is 15.3. The molecule has 0 spiro atoms. The summed E-state index contributed by atoms with van der Waals surface area (Å²) in [4.78, 5) is 23.1. The maximum Gasteiger partial charge on any atom is 0.280 e. The summed E-state index contributed by atoms with van der Waals surface area (Å²) in [6, 6.07) is 5.90. The molecule has 0 saturated heterocycles. The van der Waals surface area contributed by atoms with Crippen LogP contribution in [0.2, 0.25) is 0 Å². The first-order valence-corrected chi connectivity index (χ1v) is 11.5. The SMILES string of the molecule is CS(=O)(=O)c1ccc(C(=NOC2CCCC2)C(=O)Nc2ncc(CO)s2)cc1. The van der Waals surface area contributed by atoms with Gasteiger partial charge in [-0.15, -0.1) is 0 Å². The number of benzene rings is 1. The number of nitrogens with one attached hydrogen (secondary N) is 1. The molecule has 1 saturated carbocycles. The van der Waals surface area contributed by atoms with E-state index >= 15 is 0 Å². The zero-order chi connectivity index (χ0) is 20.1. The van der Waals surface area contributed by atoms with Crippen LogP contribution < -0.4 is 5.32 Å². The number of amides is 1. The summed E-state index contributed by atoms with van der Waals surface area (Å²) in [6.07, 6.45) is 6.47. The number of aliphatic hydroxyl groups is 1. The van der Waals surface area contributed by atoms with Gasteiger partial charge in [0.15, 0.2) is 20.7 Å². The highest BCUT2D eigenvalue weighted by molar-refractivity contribution is 7.90. The molecule has 1 aliphatic carbocycles. The number of carbonyl (C=O) groups excluding carboxylic acids is 1. The summed E-state index contributed by atoms with van der Waals surface area (Å²) in [6.45, 7) is -0.160. The van der Waals surface area contributed by atoms with E-state index in [-0.39, 0.29) is 23.3 Å². The van der Waals surface area contributed by atoms with Crippen LogP contribution in [0.3, 0.4) is 0 Å². The number of anilines is 1. The minimum Gasteiger partial charge on any atom is -0.392 e. The van der Waals surface area contributed by atoms with Crippen LogP contribution in [0, 0.1) is 0 Å². The lowest BCUT2D eigenvalue weighted by atomic mass is 10.1. The van der Waals surface area contributed by atoms with E-state index < -0.39 is 15.7 Å². The summed E-state index contributed by atoms with van der Waals surface area (Å²) in [5.41, 5.74) is 0.467. The Hall–Kier alpha value is -2.30. The van der Waals surface area contributed by atoms with Crippen molar-refractivity contribution in [3.63, 3.8) is 0 Å². The van der Waals surface area contributed by atoms with E-state index in [9.17, 15) is 13.2 Å². The van der Waals surface area contributed by atoms with Crippen LogP contribution in [-0.4, -0.2) is 42.5 Å². The lowest BCUT2D eigenvalue weighted by Gasteiger charge is -2.10. The number of hydrogen-bond acceptors (Lipinski definition) is 8. The predicted octanol–water partition coefficient (Wildman–Crippen LogP) is 2.34. The Bertz CT molecular complexity index is 961. The number of hydrogen-bond donors (Lipinski definition) is 2. The second-order valence-corrected chi connectivity index (χ2v) is 9.62. The smallest absolute Gasteiger partial charge is 0.280 e. The van der Waals surface area contributed by atoms with Crippen molar-refractivity contribution < 1.29 is 23.2 Å². The minimum atomic E-state index is -3.34. The molecule has 0 bridgehead atoms. The molecule has 1 heterocycles. The van der Waals surface area contributed by atoms with Crippen LogP contribution >= 0.6 is 11.3 Å². The van der Waals surface area contributed by atoms with Crippen molar-refractivity contribution in [1.82, 2.24) is 4.98 Å². The molecule has 0 radical (unpaired) electrons. The molecule has 28 heavy (non-hydrogen) atoms. The molecule has 1 aliphatic rings. The maximum absolute atomic E-state index is 12.8. The molecule has 8 nitrogen and oxygen atoms in total. The molecule has 1 aromatic heterocycles. The molecule has 1 fully saturated rings. The second-order valence-electron chi connectivity index (χ2n) is 6.49. The summed E-state index contributed by atoms with van der Waals surface area (Å²) in [5, 5.41) is 16.2. The van der Waals surface area contributed by atoms with Gasteiger partial charge in [0, 0.05) is 18.0 Å². The van der Waals surface area contributed by atoms with Gasteiger partial charge in [-0.05, 0) is 37.8 Å². The van der Waals surface area contributed by atoms with Gasteiger partial charge in [-0.1, -0.05) is 28.6 Å². The first kappa shape index (κ1) is 20.4. The van der Waals surface area contributed by atoms with E-state index in [1.807, 2.05) is 0 Å². The summed E-state index contributed by atoms with van der Waals surface area (Å²) >= 11 is 1.15. The highest BCUT2D eigenvalue weighted by Gasteiger charge is 2.21. The molecule has 0 aliphatic heterocycles. The first-order chi connectivity index (χ1) is 13.4.